The van der Waals surface area contributed by atoms with Gasteiger partial charge in [0.05, 0.1) is 24.3 Å². The second-order valence-electron chi connectivity index (χ2n) is 12.2. The minimum absolute atomic E-state index is 0.0530. The first-order chi connectivity index (χ1) is 21.4. The van der Waals surface area contributed by atoms with E-state index >= 15 is 0 Å². The van der Waals surface area contributed by atoms with Crippen molar-refractivity contribution in [3.63, 3.8) is 0 Å². The molecule has 0 aromatic heterocycles. The van der Waals surface area contributed by atoms with Gasteiger partial charge in [-0.2, -0.15) is 26.3 Å². The molecule has 2 saturated heterocycles. The van der Waals surface area contributed by atoms with E-state index in [4.69, 9.17) is 9.47 Å². The number of alkyl halides is 6. The fraction of sp³-hybridized carbons (Fsp3) is 0.500. The molecular formula is C32H37F6N3O4S. The van der Waals surface area contributed by atoms with Crippen LogP contribution >= 0.6 is 11.8 Å². The summed E-state index contributed by atoms with van der Waals surface area (Å²) in [5, 5.41) is 3.34. The summed E-state index contributed by atoms with van der Waals surface area (Å²) >= 11 is 0.571. The summed E-state index contributed by atoms with van der Waals surface area (Å²) in [6.45, 7) is 8.71. The Morgan fingerprint density at radius 2 is 1.65 bits per heavy atom. The largest absolute Gasteiger partial charge is 0.444 e. The third-order valence-corrected chi connectivity index (χ3v) is 8.48. The Balaban J connectivity index is 1.55. The molecule has 2 aliphatic heterocycles. The van der Waals surface area contributed by atoms with Crippen LogP contribution < -0.4 is 5.32 Å². The summed E-state index contributed by atoms with van der Waals surface area (Å²) in [6, 6.07) is 8.19. The van der Waals surface area contributed by atoms with E-state index in [0.29, 0.717) is 41.7 Å². The number of piperidine rings is 1. The lowest BCUT2D eigenvalue weighted by Gasteiger charge is -2.38. The Hall–Kier alpha value is -3.39. The van der Waals surface area contributed by atoms with Crippen LogP contribution in [0.2, 0.25) is 0 Å². The SMILES string of the molecule is CC1CC(Nc2cccc(Sc3ccc(C=CC(=O)N4CCOCC4)c(C(F)(F)F)c3C(F)(F)F)c2)CCN1C(=O)OC(C)(C)C. The number of nitrogens with one attached hydrogen (secondary N) is 1. The van der Waals surface area contributed by atoms with Gasteiger partial charge in [-0.25, -0.2) is 4.79 Å². The van der Waals surface area contributed by atoms with Gasteiger partial charge in [-0.3, -0.25) is 4.79 Å². The molecule has 0 saturated carbocycles. The normalized spacial score (nSPS) is 19.8. The van der Waals surface area contributed by atoms with Crippen LogP contribution in [0.3, 0.4) is 0 Å². The maximum Gasteiger partial charge on any atom is 0.418 e. The van der Waals surface area contributed by atoms with Crippen molar-refractivity contribution < 1.29 is 45.4 Å². The number of morpholine rings is 1. The molecule has 2 aromatic carbocycles. The number of halogens is 6. The van der Waals surface area contributed by atoms with E-state index in [-0.39, 0.29) is 38.4 Å². The number of anilines is 1. The standard InChI is InChI=1S/C32H37F6N3O4S/c1-20-18-23(12-13-41(20)29(43)45-30(2,3)4)39-22-6-5-7-24(19-22)46-25-10-8-21(9-11-26(42)40-14-16-44-17-15-40)27(31(33,34)35)28(25)32(36,37)38/h5-11,19-20,23,39H,12-18H2,1-4H3. The van der Waals surface area contributed by atoms with Gasteiger partial charge in [0.2, 0.25) is 5.91 Å². The zero-order valence-electron chi connectivity index (χ0n) is 25.9. The highest BCUT2D eigenvalue weighted by molar-refractivity contribution is 7.99. The molecule has 0 aliphatic carbocycles. The van der Waals surface area contributed by atoms with Crippen molar-refractivity contribution in [2.24, 2.45) is 0 Å². The number of amides is 2. The lowest BCUT2D eigenvalue weighted by atomic mass is 9.98. The molecule has 46 heavy (non-hydrogen) atoms. The van der Waals surface area contributed by atoms with Crippen molar-refractivity contribution in [2.75, 3.05) is 38.2 Å². The Labute approximate surface area is 268 Å². The topological polar surface area (TPSA) is 71.1 Å². The molecule has 0 bridgehead atoms. The number of ether oxygens (including phenoxy) is 2. The van der Waals surface area contributed by atoms with Crippen LogP contribution in [0.4, 0.5) is 36.8 Å². The molecule has 0 radical (unpaired) electrons. The second kappa shape index (κ2) is 14.2. The Bertz CT molecular complexity index is 1430. The first-order valence-corrected chi connectivity index (χ1v) is 15.6. The van der Waals surface area contributed by atoms with Crippen LogP contribution in [0, 0.1) is 0 Å². The fourth-order valence-corrected chi connectivity index (χ4v) is 6.41. The van der Waals surface area contributed by atoms with E-state index in [0.717, 1.165) is 24.3 Å². The predicted molar refractivity (Wildman–Crippen MR) is 162 cm³/mol. The van der Waals surface area contributed by atoms with Crippen molar-refractivity contribution in [1.29, 1.82) is 0 Å². The maximum absolute atomic E-state index is 14.3. The zero-order valence-corrected chi connectivity index (χ0v) is 26.7. The van der Waals surface area contributed by atoms with Gasteiger partial charge in [0.25, 0.3) is 0 Å². The molecular weight excluding hydrogens is 636 g/mol. The summed E-state index contributed by atoms with van der Waals surface area (Å²) in [5.41, 5.74) is -4.47. The van der Waals surface area contributed by atoms with Crippen molar-refractivity contribution in [2.45, 2.75) is 80.4 Å². The van der Waals surface area contributed by atoms with Crippen molar-refractivity contribution in [3.05, 3.63) is 59.2 Å². The van der Waals surface area contributed by atoms with Crippen molar-refractivity contribution in [1.82, 2.24) is 9.80 Å². The number of benzene rings is 2. The molecule has 2 aromatic rings. The van der Waals surface area contributed by atoms with Crippen LogP contribution in [-0.4, -0.2) is 72.3 Å². The number of carbonyl (C=O) groups excluding carboxylic acids is 2. The van der Waals surface area contributed by atoms with Crippen LogP contribution in [0.25, 0.3) is 6.08 Å². The minimum Gasteiger partial charge on any atom is -0.444 e. The van der Waals surface area contributed by atoms with E-state index in [9.17, 15) is 35.9 Å². The van der Waals surface area contributed by atoms with Crippen molar-refractivity contribution in [3.8, 4) is 0 Å². The van der Waals surface area contributed by atoms with Gasteiger partial charge in [-0.1, -0.05) is 23.9 Å². The molecule has 2 aliphatic rings. The van der Waals surface area contributed by atoms with Gasteiger partial charge in [-0.05, 0) is 76.4 Å². The van der Waals surface area contributed by atoms with Gasteiger partial charge in [0, 0.05) is 53.3 Å². The number of rotatable bonds is 6. The molecule has 1 N–H and O–H groups in total. The van der Waals surface area contributed by atoms with E-state index in [1.165, 1.54) is 11.0 Å². The zero-order chi connectivity index (χ0) is 33.9. The van der Waals surface area contributed by atoms with Crippen LogP contribution in [0.5, 0.6) is 0 Å². The lowest BCUT2D eigenvalue weighted by molar-refractivity contribution is -0.163. The molecule has 2 unspecified atom stereocenters. The molecule has 7 nitrogen and oxygen atoms in total. The van der Waals surface area contributed by atoms with E-state index < -0.39 is 51.5 Å². The summed E-state index contributed by atoms with van der Waals surface area (Å²) in [6.07, 6.45) is -8.26. The smallest absolute Gasteiger partial charge is 0.418 e. The highest BCUT2D eigenvalue weighted by atomic mass is 32.2. The highest BCUT2D eigenvalue weighted by Crippen LogP contribution is 2.48. The van der Waals surface area contributed by atoms with Gasteiger partial charge in [0.15, 0.2) is 0 Å². The monoisotopic (exact) mass is 673 g/mol. The van der Waals surface area contributed by atoms with Gasteiger partial charge in [-0.15, -0.1) is 0 Å². The quantitative estimate of drug-likeness (QED) is 0.248. The lowest BCUT2D eigenvalue weighted by Crippen LogP contribution is -2.49. The van der Waals surface area contributed by atoms with Gasteiger partial charge in [0.1, 0.15) is 5.60 Å². The first-order valence-electron chi connectivity index (χ1n) is 14.8. The number of carbonyl (C=O) groups is 2. The number of hydrogen-bond acceptors (Lipinski definition) is 6. The predicted octanol–water partition coefficient (Wildman–Crippen LogP) is 7.95. The Kier molecular flexibility index (Phi) is 10.9. The molecule has 14 heteroatoms. The molecule has 2 heterocycles. The van der Waals surface area contributed by atoms with Crippen LogP contribution in [0.15, 0.2) is 52.3 Å². The van der Waals surface area contributed by atoms with E-state index in [1.54, 1.807) is 43.9 Å². The minimum atomic E-state index is -5.35. The van der Waals surface area contributed by atoms with E-state index in [1.807, 2.05) is 6.92 Å². The highest BCUT2D eigenvalue weighted by Gasteiger charge is 2.46. The summed E-state index contributed by atoms with van der Waals surface area (Å²) < 4.78 is 96.4. The third-order valence-electron chi connectivity index (χ3n) is 7.43. The van der Waals surface area contributed by atoms with Crippen LogP contribution in [-0.2, 0) is 26.6 Å². The average Bonchev–Trinajstić information content (AvgIpc) is 2.94. The molecule has 2 fully saturated rings. The summed E-state index contributed by atoms with van der Waals surface area (Å²) in [7, 11) is 0. The molecule has 2 atom stereocenters. The van der Waals surface area contributed by atoms with Crippen LogP contribution in [0.1, 0.15) is 57.2 Å². The molecule has 252 valence electrons. The Morgan fingerprint density at radius 3 is 2.26 bits per heavy atom. The molecule has 4 rings (SSSR count). The number of likely N-dealkylation sites (tertiary alicyclic amines) is 1. The van der Waals surface area contributed by atoms with Gasteiger partial charge < -0.3 is 24.6 Å². The molecule has 2 amide bonds. The number of hydrogen-bond donors (Lipinski definition) is 1. The summed E-state index contributed by atoms with van der Waals surface area (Å²) in [4.78, 5) is 27.7. The summed E-state index contributed by atoms with van der Waals surface area (Å²) in [5.74, 6) is -0.613. The first kappa shape index (κ1) is 35.5. The number of nitrogens with zero attached hydrogens (tertiary/aromatic N) is 2. The average molecular weight is 674 g/mol. The molecule has 0 spiro atoms. The Morgan fingerprint density at radius 1 is 0.978 bits per heavy atom. The second-order valence-corrected chi connectivity index (χ2v) is 13.3. The maximum atomic E-state index is 14.3. The fourth-order valence-electron chi connectivity index (χ4n) is 5.37. The van der Waals surface area contributed by atoms with Crippen molar-refractivity contribution >= 4 is 35.5 Å². The van der Waals surface area contributed by atoms with E-state index in [2.05, 4.69) is 5.32 Å². The van der Waals surface area contributed by atoms with Gasteiger partial charge >= 0.3 is 18.4 Å². The third kappa shape index (κ3) is 9.34.